The summed E-state index contributed by atoms with van der Waals surface area (Å²) in [7, 11) is 1.64. The van der Waals surface area contributed by atoms with Crippen molar-refractivity contribution in [3.05, 3.63) is 107 Å². The molecule has 1 N–H and O–H groups in total. The molecule has 1 atom stereocenters. The van der Waals surface area contributed by atoms with Crippen LogP contribution in [0.15, 0.2) is 78.9 Å². The first kappa shape index (κ1) is 23.9. The third kappa shape index (κ3) is 3.59. The molecular weight excluding hydrogens is 476 g/mol. The van der Waals surface area contributed by atoms with Gasteiger partial charge < -0.3 is 24.4 Å². The molecule has 0 bridgehead atoms. The Kier molecular flexibility index (Phi) is 5.75. The van der Waals surface area contributed by atoms with Crippen molar-refractivity contribution < 1.29 is 19.0 Å². The van der Waals surface area contributed by atoms with Gasteiger partial charge in [-0.1, -0.05) is 35.9 Å². The topological polar surface area (TPSA) is 60.0 Å². The fourth-order valence-corrected chi connectivity index (χ4v) is 5.53. The van der Waals surface area contributed by atoms with Crippen LogP contribution in [0.4, 0.5) is 17.1 Å². The van der Waals surface area contributed by atoms with Crippen LogP contribution in [0.3, 0.4) is 0 Å². The lowest BCUT2D eigenvalue weighted by molar-refractivity contribution is 0.0224. The maximum atomic E-state index is 13.2. The van der Waals surface area contributed by atoms with Crippen molar-refractivity contribution >= 4 is 23.0 Å². The lowest BCUT2D eigenvalue weighted by atomic mass is 9.77. The largest absolute Gasteiger partial charge is 0.494 e. The third-order valence-corrected chi connectivity index (χ3v) is 7.48. The molecule has 6 rings (SSSR count). The molecular formula is C32H30N2O4. The first-order valence-corrected chi connectivity index (χ1v) is 12.9. The van der Waals surface area contributed by atoms with E-state index in [2.05, 4.69) is 49.2 Å². The van der Waals surface area contributed by atoms with Gasteiger partial charge >= 0.3 is 5.97 Å². The highest BCUT2D eigenvalue weighted by molar-refractivity contribution is 5.97. The zero-order chi connectivity index (χ0) is 26.4. The number of nitrogens with zero attached hydrogens (tertiary/aromatic N) is 1. The molecule has 0 amide bonds. The minimum absolute atomic E-state index is 0.351. The Balaban J connectivity index is 1.58. The number of rotatable bonds is 6. The van der Waals surface area contributed by atoms with Gasteiger partial charge in [-0.05, 0) is 57.2 Å². The summed E-state index contributed by atoms with van der Waals surface area (Å²) in [5.41, 5.74) is 5.66. The normalized spacial score (nSPS) is 16.7. The van der Waals surface area contributed by atoms with Gasteiger partial charge in [0.2, 0.25) is 0 Å². The lowest BCUT2D eigenvalue weighted by Crippen LogP contribution is -2.33. The van der Waals surface area contributed by atoms with Crippen LogP contribution in [0.5, 0.6) is 17.2 Å². The number of carbonyl (C=O) groups excluding carboxylic acids is 1. The molecule has 0 radical (unpaired) electrons. The molecule has 0 aliphatic carbocycles. The molecule has 6 nitrogen and oxygen atoms in total. The van der Waals surface area contributed by atoms with Crippen molar-refractivity contribution in [1.82, 2.24) is 0 Å². The Labute approximate surface area is 222 Å². The summed E-state index contributed by atoms with van der Waals surface area (Å²) in [6, 6.07) is 25.7. The molecule has 4 aromatic rings. The number of hydrogen-bond acceptors (Lipinski definition) is 6. The highest BCUT2D eigenvalue weighted by atomic mass is 16.6. The second kappa shape index (κ2) is 9.14. The molecule has 6 heteroatoms. The van der Waals surface area contributed by atoms with E-state index < -0.39 is 5.60 Å². The number of methoxy groups -OCH3 is 1. The van der Waals surface area contributed by atoms with E-state index in [0.717, 1.165) is 46.8 Å². The van der Waals surface area contributed by atoms with E-state index in [1.54, 1.807) is 7.11 Å². The van der Waals surface area contributed by atoms with Gasteiger partial charge in [0.1, 0.15) is 17.2 Å². The number of ether oxygens (including phenoxy) is 3. The van der Waals surface area contributed by atoms with Crippen molar-refractivity contribution in [1.29, 1.82) is 0 Å². The molecule has 0 saturated heterocycles. The number of anilines is 3. The lowest BCUT2D eigenvalue weighted by Gasteiger charge is -2.37. The van der Waals surface area contributed by atoms with Gasteiger partial charge in [0.15, 0.2) is 5.60 Å². The second-order valence-electron chi connectivity index (χ2n) is 9.61. The molecule has 2 aliphatic rings. The van der Waals surface area contributed by atoms with Crippen molar-refractivity contribution in [3.63, 3.8) is 0 Å². The summed E-state index contributed by atoms with van der Waals surface area (Å²) < 4.78 is 18.7. The zero-order valence-corrected chi connectivity index (χ0v) is 22.0. The zero-order valence-electron chi connectivity index (χ0n) is 22.0. The quantitative estimate of drug-likeness (QED) is 0.280. The number of benzene rings is 4. The first-order chi connectivity index (χ1) is 18.5. The minimum Gasteiger partial charge on any atom is -0.494 e. The van der Waals surface area contributed by atoms with Crippen LogP contribution in [-0.2, 0) is 10.3 Å². The Morgan fingerprint density at radius 2 is 1.61 bits per heavy atom. The molecule has 4 aromatic carbocycles. The number of nitrogens with one attached hydrogen (secondary N) is 1. The molecule has 0 saturated carbocycles. The Hall–Kier alpha value is -4.45. The second-order valence-corrected chi connectivity index (χ2v) is 9.61. The van der Waals surface area contributed by atoms with E-state index in [-0.39, 0.29) is 5.97 Å². The molecule has 38 heavy (non-hydrogen) atoms. The predicted octanol–water partition coefficient (Wildman–Crippen LogP) is 7.16. The average Bonchev–Trinajstić information content (AvgIpc) is 3.23. The van der Waals surface area contributed by atoms with Crippen LogP contribution in [0.2, 0.25) is 0 Å². The standard InChI is InChI=1S/C32H30N2O4/c1-5-34(6-2)22-15-16-25-28(17-22)37-29-19-30(36-4)27(33-21-13-11-20(3)12-14-21)18-26(29)32(25)24-10-8-7-9-23(24)31(35)38-32/h7-19,33H,5-6H2,1-4H3. The van der Waals surface area contributed by atoms with Crippen molar-refractivity contribution in [2.75, 3.05) is 30.4 Å². The third-order valence-electron chi connectivity index (χ3n) is 7.48. The molecule has 1 spiro atoms. The number of esters is 1. The van der Waals surface area contributed by atoms with Gasteiger partial charge in [-0.3, -0.25) is 0 Å². The Morgan fingerprint density at radius 3 is 2.34 bits per heavy atom. The molecule has 2 heterocycles. The number of aryl methyl sites for hydroxylation is 1. The van der Waals surface area contributed by atoms with Crippen molar-refractivity contribution in [2.24, 2.45) is 0 Å². The number of carbonyl (C=O) groups is 1. The predicted molar refractivity (Wildman–Crippen MR) is 149 cm³/mol. The van der Waals surface area contributed by atoms with E-state index in [0.29, 0.717) is 22.8 Å². The van der Waals surface area contributed by atoms with Gasteiger partial charge in [-0.15, -0.1) is 0 Å². The highest BCUT2D eigenvalue weighted by Gasteiger charge is 2.53. The summed E-state index contributed by atoms with van der Waals surface area (Å²) in [5, 5.41) is 3.48. The van der Waals surface area contributed by atoms with E-state index in [4.69, 9.17) is 14.2 Å². The summed E-state index contributed by atoms with van der Waals surface area (Å²) >= 11 is 0. The Bertz CT molecular complexity index is 1540. The van der Waals surface area contributed by atoms with Crippen molar-refractivity contribution in [2.45, 2.75) is 26.4 Å². The van der Waals surface area contributed by atoms with Gasteiger partial charge in [0.25, 0.3) is 0 Å². The smallest absolute Gasteiger partial charge is 0.340 e. The van der Waals surface area contributed by atoms with E-state index >= 15 is 0 Å². The monoisotopic (exact) mass is 506 g/mol. The first-order valence-electron chi connectivity index (χ1n) is 12.9. The average molecular weight is 507 g/mol. The van der Waals surface area contributed by atoms with E-state index in [1.165, 1.54) is 5.56 Å². The minimum atomic E-state index is -1.14. The maximum absolute atomic E-state index is 13.2. The maximum Gasteiger partial charge on any atom is 0.340 e. The van der Waals surface area contributed by atoms with Gasteiger partial charge in [-0.25, -0.2) is 4.79 Å². The molecule has 2 aliphatic heterocycles. The molecule has 192 valence electrons. The van der Waals surface area contributed by atoms with E-state index in [9.17, 15) is 4.79 Å². The SMILES string of the molecule is CCN(CC)c1ccc2c(c1)Oc1cc(OC)c(Nc3ccc(C)cc3)cc1C21OC(=O)c2ccccc21. The van der Waals surface area contributed by atoms with Crippen LogP contribution in [0.1, 0.15) is 46.5 Å². The van der Waals surface area contributed by atoms with Gasteiger partial charge in [0, 0.05) is 53.3 Å². The van der Waals surface area contributed by atoms with Crippen LogP contribution in [-0.4, -0.2) is 26.2 Å². The fraction of sp³-hybridized carbons (Fsp3) is 0.219. The summed E-state index contributed by atoms with van der Waals surface area (Å²) in [5.74, 6) is 1.52. The summed E-state index contributed by atoms with van der Waals surface area (Å²) in [4.78, 5) is 15.5. The number of hydrogen-bond donors (Lipinski definition) is 1. The van der Waals surface area contributed by atoms with Crippen molar-refractivity contribution in [3.8, 4) is 17.2 Å². The summed E-state index contributed by atoms with van der Waals surface area (Å²) in [6.07, 6.45) is 0. The van der Waals surface area contributed by atoms with E-state index in [1.807, 2.05) is 60.7 Å². The Morgan fingerprint density at radius 1 is 0.868 bits per heavy atom. The van der Waals surface area contributed by atoms with Gasteiger partial charge in [-0.2, -0.15) is 0 Å². The molecule has 0 aromatic heterocycles. The van der Waals surface area contributed by atoms with Crippen LogP contribution >= 0.6 is 0 Å². The van der Waals surface area contributed by atoms with Crippen LogP contribution in [0.25, 0.3) is 0 Å². The van der Waals surface area contributed by atoms with Crippen LogP contribution < -0.4 is 19.7 Å². The fourth-order valence-electron chi connectivity index (χ4n) is 5.53. The van der Waals surface area contributed by atoms with Gasteiger partial charge in [0.05, 0.1) is 18.4 Å². The summed E-state index contributed by atoms with van der Waals surface area (Å²) in [6.45, 7) is 8.05. The number of fused-ring (bicyclic) bond motifs is 6. The molecule has 0 fully saturated rings. The van der Waals surface area contributed by atoms with Crippen LogP contribution in [0, 0.1) is 6.92 Å². The molecule has 1 unspecified atom stereocenters. The highest BCUT2D eigenvalue weighted by Crippen LogP contribution is 2.58.